The maximum Gasteiger partial charge on any atom is 0.236 e. The summed E-state index contributed by atoms with van der Waals surface area (Å²) in [5.74, 6) is 2.43. The molecule has 0 radical (unpaired) electrons. The van der Waals surface area contributed by atoms with Gasteiger partial charge >= 0.3 is 0 Å². The Morgan fingerprint density at radius 2 is 1.96 bits per heavy atom. The van der Waals surface area contributed by atoms with Gasteiger partial charge in [0.15, 0.2) is 0 Å². The van der Waals surface area contributed by atoms with Crippen LogP contribution in [-0.4, -0.2) is 54.5 Å². The normalized spacial score (nSPS) is 15.7. The standard InChI is InChI=1S/C19H25N3O3/c1-12-9-17(24-5)13(2)8-15(12)19-20-16(14(3)25-19)10-22-7-6-21(4)18(23)11-22/h8-9H,6-7,10-11H2,1-5H3. The molecule has 134 valence electrons. The molecule has 0 saturated carbocycles. The fourth-order valence-corrected chi connectivity index (χ4v) is 3.08. The van der Waals surface area contributed by atoms with Crippen LogP contribution in [-0.2, 0) is 11.3 Å². The fraction of sp³-hybridized carbons (Fsp3) is 0.474. The SMILES string of the molecule is COc1cc(C)c(-c2nc(CN3CCN(C)C(=O)C3)c(C)o2)cc1C. The largest absolute Gasteiger partial charge is 0.496 e. The zero-order valence-electron chi connectivity index (χ0n) is 15.5. The summed E-state index contributed by atoms with van der Waals surface area (Å²) in [6.45, 7) is 8.62. The Balaban J connectivity index is 1.83. The fourth-order valence-electron chi connectivity index (χ4n) is 3.08. The molecule has 3 rings (SSSR count). The number of hydrogen-bond acceptors (Lipinski definition) is 5. The topological polar surface area (TPSA) is 58.8 Å². The molecule has 6 heteroatoms. The molecule has 0 N–H and O–H groups in total. The number of piperazine rings is 1. The Kier molecular flexibility index (Phi) is 4.81. The number of ether oxygens (including phenoxy) is 1. The molecule has 25 heavy (non-hydrogen) atoms. The quantitative estimate of drug-likeness (QED) is 0.854. The molecule has 6 nitrogen and oxygen atoms in total. The monoisotopic (exact) mass is 343 g/mol. The number of aryl methyl sites for hydroxylation is 3. The van der Waals surface area contributed by atoms with Crippen molar-refractivity contribution in [3.8, 4) is 17.2 Å². The van der Waals surface area contributed by atoms with Gasteiger partial charge in [-0.05, 0) is 44.0 Å². The number of aromatic nitrogens is 1. The third-order valence-corrected chi connectivity index (χ3v) is 4.77. The second-order valence-electron chi connectivity index (χ2n) is 6.68. The Morgan fingerprint density at radius 1 is 1.20 bits per heavy atom. The van der Waals surface area contributed by atoms with Crippen LogP contribution in [0.15, 0.2) is 16.5 Å². The maximum absolute atomic E-state index is 11.9. The molecule has 2 heterocycles. The maximum atomic E-state index is 11.9. The van der Waals surface area contributed by atoms with Gasteiger partial charge in [-0.15, -0.1) is 0 Å². The van der Waals surface area contributed by atoms with Gasteiger partial charge in [0, 0.05) is 32.2 Å². The molecular weight excluding hydrogens is 318 g/mol. The van der Waals surface area contributed by atoms with E-state index < -0.39 is 0 Å². The van der Waals surface area contributed by atoms with Gasteiger partial charge < -0.3 is 14.1 Å². The van der Waals surface area contributed by atoms with Crippen molar-refractivity contribution in [3.05, 3.63) is 34.7 Å². The predicted molar refractivity (Wildman–Crippen MR) is 95.6 cm³/mol. The van der Waals surface area contributed by atoms with E-state index in [4.69, 9.17) is 14.1 Å². The summed E-state index contributed by atoms with van der Waals surface area (Å²) in [5, 5.41) is 0. The average molecular weight is 343 g/mol. The highest BCUT2D eigenvalue weighted by Crippen LogP contribution is 2.31. The molecule has 1 aromatic carbocycles. The van der Waals surface area contributed by atoms with Crippen LogP contribution in [0, 0.1) is 20.8 Å². The van der Waals surface area contributed by atoms with Gasteiger partial charge in [0.25, 0.3) is 0 Å². The molecule has 0 unspecified atom stereocenters. The zero-order valence-corrected chi connectivity index (χ0v) is 15.5. The van der Waals surface area contributed by atoms with Gasteiger partial charge in [-0.2, -0.15) is 0 Å². The molecule has 0 atom stereocenters. The number of amides is 1. The Morgan fingerprint density at radius 3 is 2.64 bits per heavy atom. The number of oxazole rings is 1. The minimum absolute atomic E-state index is 0.147. The van der Waals surface area contributed by atoms with Gasteiger partial charge in [-0.1, -0.05) is 0 Å². The van der Waals surface area contributed by atoms with Gasteiger partial charge in [-0.25, -0.2) is 4.98 Å². The van der Waals surface area contributed by atoms with E-state index in [2.05, 4.69) is 4.90 Å². The highest BCUT2D eigenvalue weighted by atomic mass is 16.5. The summed E-state index contributed by atoms with van der Waals surface area (Å²) in [6.07, 6.45) is 0. The van der Waals surface area contributed by atoms with Gasteiger partial charge in [0.2, 0.25) is 11.8 Å². The molecule has 0 aliphatic carbocycles. The molecule has 1 saturated heterocycles. The third-order valence-electron chi connectivity index (χ3n) is 4.77. The van der Waals surface area contributed by atoms with E-state index in [1.54, 1.807) is 12.0 Å². The average Bonchev–Trinajstić information content (AvgIpc) is 2.93. The molecule has 2 aromatic rings. The van der Waals surface area contributed by atoms with Crippen LogP contribution in [0.4, 0.5) is 0 Å². The highest BCUT2D eigenvalue weighted by Gasteiger charge is 2.23. The first-order valence-corrected chi connectivity index (χ1v) is 8.47. The van der Waals surface area contributed by atoms with Crippen molar-refractivity contribution in [2.24, 2.45) is 0 Å². The minimum atomic E-state index is 0.147. The number of carbonyl (C=O) groups excluding carboxylic acids is 1. The smallest absolute Gasteiger partial charge is 0.236 e. The van der Waals surface area contributed by atoms with Crippen molar-refractivity contribution in [2.45, 2.75) is 27.3 Å². The lowest BCUT2D eigenvalue weighted by molar-refractivity contribution is -0.134. The van der Waals surface area contributed by atoms with Gasteiger partial charge in [0.05, 0.1) is 19.3 Å². The van der Waals surface area contributed by atoms with Crippen LogP contribution < -0.4 is 4.74 Å². The van der Waals surface area contributed by atoms with Crippen LogP contribution in [0.1, 0.15) is 22.6 Å². The zero-order chi connectivity index (χ0) is 18.1. The van der Waals surface area contributed by atoms with Gasteiger partial charge in [-0.3, -0.25) is 9.69 Å². The second kappa shape index (κ2) is 6.88. The number of methoxy groups -OCH3 is 1. The summed E-state index contributed by atoms with van der Waals surface area (Å²) < 4.78 is 11.3. The number of benzene rings is 1. The van der Waals surface area contributed by atoms with E-state index in [1.807, 2.05) is 40.0 Å². The molecule has 1 aromatic heterocycles. The first-order chi connectivity index (χ1) is 11.9. The lowest BCUT2D eigenvalue weighted by atomic mass is 10.0. The Hall–Kier alpha value is -2.34. The van der Waals surface area contributed by atoms with E-state index in [1.165, 1.54) is 0 Å². The molecule has 1 fully saturated rings. The molecule has 0 spiro atoms. The third kappa shape index (κ3) is 3.54. The molecular formula is C19H25N3O3. The first kappa shape index (κ1) is 17.5. The highest BCUT2D eigenvalue weighted by molar-refractivity contribution is 5.78. The van der Waals surface area contributed by atoms with Crippen molar-refractivity contribution in [1.29, 1.82) is 0 Å². The summed E-state index contributed by atoms with van der Waals surface area (Å²) in [7, 11) is 3.51. The van der Waals surface area contributed by atoms with Crippen molar-refractivity contribution >= 4 is 5.91 Å². The van der Waals surface area contributed by atoms with Crippen LogP contribution in [0.3, 0.4) is 0 Å². The van der Waals surface area contributed by atoms with Crippen LogP contribution in [0.25, 0.3) is 11.5 Å². The lowest BCUT2D eigenvalue weighted by Crippen LogP contribution is -2.48. The number of carbonyl (C=O) groups is 1. The van der Waals surface area contributed by atoms with Crippen molar-refractivity contribution in [3.63, 3.8) is 0 Å². The van der Waals surface area contributed by atoms with E-state index in [0.717, 1.165) is 47.0 Å². The lowest BCUT2D eigenvalue weighted by Gasteiger charge is -2.31. The molecule has 1 amide bonds. The van der Waals surface area contributed by atoms with Gasteiger partial charge in [0.1, 0.15) is 11.5 Å². The second-order valence-corrected chi connectivity index (χ2v) is 6.68. The molecule has 0 bridgehead atoms. The van der Waals surface area contributed by atoms with E-state index >= 15 is 0 Å². The summed E-state index contributed by atoms with van der Waals surface area (Å²) in [4.78, 5) is 20.5. The molecule has 1 aliphatic rings. The predicted octanol–water partition coefficient (Wildman–Crippen LogP) is 2.55. The van der Waals surface area contributed by atoms with Crippen LogP contribution in [0.5, 0.6) is 5.75 Å². The van der Waals surface area contributed by atoms with Crippen molar-refractivity contribution in [1.82, 2.24) is 14.8 Å². The Labute approximate surface area is 148 Å². The minimum Gasteiger partial charge on any atom is -0.496 e. The van der Waals surface area contributed by atoms with E-state index in [0.29, 0.717) is 19.0 Å². The number of rotatable bonds is 4. The van der Waals surface area contributed by atoms with Crippen molar-refractivity contribution < 1.29 is 13.9 Å². The first-order valence-electron chi connectivity index (χ1n) is 8.47. The van der Waals surface area contributed by atoms with Crippen LogP contribution >= 0.6 is 0 Å². The van der Waals surface area contributed by atoms with Crippen LogP contribution in [0.2, 0.25) is 0 Å². The Bertz CT molecular complexity index is 797. The molecule has 1 aliphatic heterocycles. The number of likely N-dealkylation sites (N-methyl/N-ethyl adjacent to an activating group) is 1. The number of nitrogens with zero attached hydrogens (tertiary/aromatic N) is 3. The summed E-state index contributed by atoms with van der Waals surface area (Å²) in [5.41, 5.74) is 3.97. The summed E-state index contributed by atoms with van der Waals surface area (Å²) >= 11 is 0. The number of hydrogen-bond donors (Lipinski definition) is 0. The van der Waals surface area contributed by atoms with E-state index in [-0.39, 0.29) is 5.91 Å². The van der Waals surface area contributed by atoms with E-state index in [9.17, 15) is 4.79 Å². The summed E-state index contributed by atoms with van der Waals surface area (Å²) in [6, 6.07) is 4.05. The van der Waals surface area contributed by atoms with Crippen molar-refractivity contribution in [2.75, 3.05) is 33.8 Å².